The van der Waals surface area contributed by atoms with E-state index in [0.717, 1.165) is 24.1 Å². The van der Waals surface area contributed by atoms with Crippen molar-refractivity contribution in [3.63, 3.8) is 0 Å². The largest absolute Gasteiger partial charge is 0.306 e. The van der Waals surface area contributed by atoms with Gasteiger partial charge in [-0.05, 0) is 31.7 Å². The first-order valence-electron chi connectivity index (χ1n) is 5.13. The number of aromatic nitrogens is 2. The molecular formula is C10H16FN3. The lowest BCUT2D eigenvalue weighted by Gasteiger charge is -2.14. The second-order valence-electron chi connectivity index (χ2n) is 3.97. The zero-order valence-electron chi connectivity index (χ0n) is 8.39. The van der Waals surface area contributed by atoms with Crippen LogP contribution in [0.3, 0.4) is 0 Å². The standard InChI is InChI=1S/C10H16FN3/c1-7-5-13-14-10(7)6-12-9-4-2-3-8(9)11/h5,8-9,12H,2-4,6H2,1H3,(H,13,14)/t8-,9+/m0/s1. The zero-order chi connectivity index (χ0) is 9.97. The third kappa shape index (κ3) is 1.95. The van der Waals surface area contributed by atoms with Gasteiger partial charge in [-0.3, -0.25) is 5.10 Å². The lowest BCUT2D eigenvalue weighted by Crippen LogP contribution is -2.33. The molecule has 1 fully saturated rings. The monoisotopic (exact) mass is 197 g/mol. The molecular weight excluding hydrogens is 181 g/mol. The Hall–Kier alpha value is -0.900. The van der Waals surface area contributed by atoms with E-state index in [-0.39, 0.29) is 6.04 Å². The third-order valence-electron chi connectivity index (χ3n) is 2.91. The minimum absolute atomic E-state index is 0.0395. The average Bonchev–Trinajstić information content (AvgIpc) is 2.72. The Kier molecular flexibility index (Phi) is 2.82. The molecule has 0 unspecified atom stereocenters. The number of hydrogen-bond acceptors (Lipinski definition) is 2. The lowest BCUT2D eigenvalue weighted by molar-refractivity contribution is 0.278. The van der Waals surface area contributed by atoms with E-state index < -0.39 is 6.17 Å². The van der Waals surface area contributed by atoms with Gasteiger partial charge in [0.25, 0.3) is 0 Å². The Morgan fingerprint density at radius 2 is 2.50 bits per heavy atom. The molecule has 3 nitrogen and oxygen atoms in total. The molecule has 1 aliphatic rings. The van der Waals surface area contributed by atoms with E-state index in [2.05, 4.69) is 15.5 Å². The zero-order valence-corrected chi connectivity index (χ0v) is 8.39. The summed E-state index contributed by atoms with van der Waals surface area (Å²) >= 11 is 0. The summed E-state index contributed by atoms with van der Waals surface area (Å²) in [6.07, 6.45) is 3.78. The fourth-order valence-electron chi connectivity index (χ4n) is 1.93. The van der Waals surface area contributed by atoms with Crippen molar-refractivity contribution in [3.05, 3.63) is 17.5 Å². The summed E-state index contributed by atoms with van der Waals surface area (Å²) in [4.78, 5) is 0. The van der Waals surface area contributed by atoms with Gasteiger partial charge in [0, 0.05) is 12.6 Å². The van der Waals surface area contributed by atoms with Crippen molar-refractivity contribution in [1.29, 1.82) is 0 Å². The molecule has 2 rings (SSSR count). The molecule has 1 heterocycles. The van der Waals surface area contributed by atoms with Crippen LogP contribution in [-0.2, 0) is 6.54 Å². The molecule has 1 aromatic rings. The van der Waals surface area contributed by atoms with Crippen molar-refractivity contribution < 1.29 is 4.39 Å². The summed E-state index contributed by atoms with van der Waals surface area (Å²) in [6, 6.07) is 0.0395. The number of hydrogen-bond donors (Lipinski definition) is 2. The minimum atomic E-state index is -0.668. The van der Waals surface area contributed by atoms with Crippen molar-refractivity contribution in [3.8, 4) is 0 Å². The van der Waals surface area contributed by atoms with Crippen molar-refractivity contribution in [2.24, 2.45) is 0 Å². The molecule has 2 N–H and O–H groups in total. The van der Waals surface area contributed by atoms with Crippen LogP contribution in [0.25, 0.3) is 0 Å². The number of aryl methyl sites for hydroxylation is 1. The summed E-state index contributed by atoms with van der Waals surface area (Å²) in [5.41, 5.74) is 2.19. The van der Waals surface area contributed by atoms with Gasteiger partial charge in [0.15, 0.2) is 0 Å². The quantitative estimate of drug-likeness (QED) is 0.774. The van der Waals surface area contributed by atoms with Crippen molar-refractivity contribution in [2.45, 2.75) is 44.9 Å². The van der Waals surface area contributed by atoms with Crippen LogP contribution in [0.4, 0.5) is 4.39 Å². The molecule has 1 saturated carbocycles. The SMILES string of the molecule is Cc1cn[nH]c1CN[C@@H]1CCC[C@@H]1F. The van der Waals surface area contributed by atoms with Gasteiger partial charge in [-0.15, -0.1) is 0 Å². The van der Waals surface area contributed by atoms with E-state index in [0.29, 0.717) is 13.0 Å². The number of nitrogens with one attached hydrogen (secondary N) is 2. The van der Waals surface area contributed by atoms with Gasteiger partial charge in [-0.2, -0.15) is 5.10 Å². The molecule has 0 spiro atoms. The summed E-state index contributed by atoms with van der Waals surface area (Å²) < 4.78 is 13.2. The van der Waals surface area contributed by atoms with Crippen LogP contribution in [0.15, 0.2) is 6.20 Å². The van der Waals surface area contributed by atoms with Crippen LogP contribution in [0.2, 0.25) is 0 Å². The first-order chi connectivity index (χ1) is 6.77. The number of H-pyrrole nitrogens is 1. The highest BCUT2D eigenvalue weighted by Gasteiger charge is 2.26. The smallest absolute Gasteiger partial charge is 0.115 e. The number of alkyl halides is 1. The Morgan fingerprint density at radius 3 is 3.07 bits per heavy atom. The molecule has 14 heavy (non-hydrogen) atoms. The molecule has 0 aliphatic heterocycles. The summed E-state index contributed by atoms with van der Waals surface area (Å²) in [5.74, 6) is 0. The van der Waals surface area contributed by atoms with E-state index in [4.69, 9.17) is 0 Å². The van der Waals surface area contributed by atoms with Gasteiger partial charge in [-0.25, -0.2) is 4.39 Å². The van der Waals surface area contributed by atoms with Gasteiger partial charge in [0.05, 0.1) is 11.9 Å². The Morgan fingerprint density at radius 1 is 1.64 bits per heavy atom. The average molecular weight is 197 g/mol. The summed E-state index contributed by atoms with van der Waals surface area (Å²) in [7, 11) is 0. The third-order valence-corrected chi connectivity index (χ3v) is 2.91. The molecule has 0 saturated heterocycles. The number of aromatic amines is 1. The van der Waals surface area contributed by atoms with Crippen LogP contribution in [0, 0.1) is 6.92 Å². The van der Waals surface area contributed by atoms with Gasteiger partial charge >= 0.3 is 0 Å². The van der Waals surface area contributed by atoms with Crippen LogP contribution < -0.4 is 5.32 Å². The number of nitrogens with zero attached hydrogens (tertiary/aromatic N) is 1. The minimum Gasteiger partial charge on any atom is -0.306 e. The van der Waals surface area contributed by atoms with Crippen LogP contribution in [0.5, 0.6) is 0 Å². The van der Waals surface area contributed by atoms with Crippen LogP contribution in [-0.4, -0.2) is 22.4 Å². The molecule has 1 aliphatic carbocycles. The molecule has 0 amide bonds. The second kappa shape index (κ2) is 4.09. The Bertz CT molecular complexity index is 297. The van der Waals surface area contributed by atoms with E-state index in [1.165, 1.54) is 0 Å². The van der Waals surface area contributed by atoms with Gasteiger partial charge in [0.2, 0.25) is 0 Å². The van der Waals surface area contributed by atoms with E-state index in [9.17, 15) is 4.39 Å². The maximum Gasteiger partial charge on any atom is 0.115 e. The topological polar surface area (TPSA) is 40.7 Å². The van der Waals surface area contributed by atoms with Crippen molar-refractivity contribution >= 4 is 0 Å². The highest BCUT2D eigenvalue weighted by molar-refractivity contribution is 5.13. The van der Waals surface area contributed by atoms with Gasteiger partial charge in [-0.1, -0.05) is 0 Å². The fourth-order valence-corrected chi connectivity index (χ4v) is 1.93. The van der Waals surface area contributed by atoms with Crippen LogP contribution >= 0.6 is 0 Å². The molecule has 0 bridgehead atoms. The highest BCUT2D eigenvalue weighted by Crippen LogP contribution is 2.22. The Labute approximate surface area is 83.1 Å². The molecule has 0 aromatic carbocycles. The second-order valence-corrected chi connectivity index (χ2v) is 3.97. The normalized spacial score (nSPS) is 27.0. The lowest BCUT2D eigenvalue weighted by atomic mass is 10.2. The highest BCUT2D eigenvalue weighted by atomic mass is 19.1. The van der Waals surface area contributed by atoms with E-state index in [1.807, 2.05) is 6.92 Å². The molecule has 4 heteroatoms. The Balaban J connectivity index is 1.85. The number of rotatable bonds is 3. The molecule has 78 valence electrons. The predicted octanol–water partition coefficient (Wildman–Crippen LogP) is 1.70. The summed E-state index contributed by atoms with van der Waals surface area (Å²) in [5, 5.41) is 10.1. The van der Waals surface area contributed by atoms with Crippen LogP contribution in [0.1, 0.15) is 30.5 Å². The maximum atomic E-state index is 13.2. The number of halogens is 1. The molecule has 0 radical (unpaired) electrons. The van der Waals surface area contributed by atoms with Crippen molar-refractivity contribution in [1.82, 2.24) is 15.5 Å². The van der Waals surface area contributed by atoms with Crippen molar-refractivity contribution in [2.75, 3.05) is 0 Å². The predicted molar refractivity (Wildman–Crippen MR) is 52.7 cm³/mol. The molecule has 2 atom stereocenters. The first kappa shape index (κ1) is 9.65. The maximum absolute atomic E-state index is 13.2. The molecule has 1 aromatic heterocycles. The van der Waals surface area contributed by atoms with E-state index in [1.54, 1.807) is 6.20 Å². The first-order valence-corrected chi connectivity index (χ1v) is 5.13. The van der Waals surface area contributed by atoms with Gasteiger partial charge in [0.1, 0.15) is 6.17 Å². The summed E-state index contributed by atoms with van der Waals surface area (Å²) in [6.45, 7) is 2.69. The van der Waals surface area contributed by atoms with Gasteiger partial charge < -0.3 is 5.32 Å². The fraction of sp³-hybridized carbons (Fsp3) is 0.700. The van der Waals surface area contributed by atoms with E-state index >= 15 is 0 Å².